The van der Waals surface area contributed by atoms with E-state index in [0.717, 1.165) is 5.75 Å². The van der Waals surface area contributed by atoms with Gasteiger partial charge >= 0.3 is 0 Å². The van der Waals surface area contributed by atoms with Crippen LogP contribution in [0.15, 0.2) is 0 Å². The average Bonchev–Trinajstić information content (AvgIpc) is 2.22. The van der Waals surface area contributed by atoms with Crippen molar-refractivity contribution in [2.75, 3.05) is 11.5 Å². The molecule has 1 aliphatic rings. The molecule has 1 fully saturated rings. The third-order valence-electron chi connectivity index (χ3n) is 0.725. The minimum absolute atomic E-state index is 0.427. The molecular formula is C3H6OS2. The second-order valence-electron chi connectivity index (χ2n) is 1.39. The summed E-state index contributed by atoms with van der Waals surface area (Å²) < 4.78 is 0. The molecule has 1 nitrogen and oxygen atoms in total. The average molecular weight is 122 g/mol. The van der Waals surface area contributed by atoms with Crippen LogP contribution in [0.4, 0.5) is 0 Å². The van der Waals surface area contributed by atoms with Crippen molar-refractivity contribution in [3.8, 4) is 0 Å². The molecule has 0 aliphatic carbocycles. The van der Waals surface area contributed by atoms with E-state index in [1.807, 2.05) is 0 Å². The molecule has 0 saturated carbocycles. The van der Waals surface area contributed by atoms with E-state index in [2.05, 4.69) is 12.6 Å². The number of rotatable bonds is 1. The van der Waals surface area contributed by atoms with Crippen LogP contribution in [0, 0.1) is 0 Å². The lowest BCUT2D eigenvalue weighted by molar-refractivity contribution is 0.218. The molecule has 1 saturated heterocycles. The van der Waals surface area contributed by atoms with E-state index < -0.39 is 4.93 Å². The van der Waals surface area contributed by atoms with Gasteiger partial charge in [0.2, 0.25) is 0 Å². The molecule has 0 bridgehead atoms. The Hall–Kier alpha value is 0.660. The minimum Gasteiger partial charge on any atom is -0.378 e. The van der Waals surface area contributed by atoms with E-state index in [4.69, 9.17) is 5.11 Å². The number of hydrogen-bond donors (Lipinski definition) is 2. The fourth-order valence-corrected chi connectivity index (χ4v) is 1.07. The van der Waals surface area contributed by atoms with Crippen molar-refractivity contribution in [1.82, 2.24) is 0 Å². The Morgan fingerprint density at radius 3 is 2.50 bits per heavy atom. The highest BCUT2D eigenvalue weighted by molar-refractivity contribution is 8.08. The highest BCUT2D eigenvalue weighted by atomic mass is 32.2. The van der Waals surface area contributed by atoms with Crippen molar-refractivity contribution in [2.24, 2.45) is 0 Å². The lowest BCUT2D eigenvalue weighted by atomic mass is 10.5. The van der Waals surface area contributed by atoms with Crippen molar-refractivity contribution in [1.29, 1.82) is 0 Å². The fraction of sp³-hybridized carbons (Fsp3) is 1.00. The predicted molar refractivity (Wildman–Crippen MR) is 31.3 cm³/mol. The third kappa shape index (κ3) is 0.832. The van der Waals surface area contributed by atoms with Crippen LogP contribution >= 0.6 is 24.4 Å². The van der Waals surface area contributed by atoms with Gasteiger partial charge in [0.1, 0.15) is 4.93 Å². The van der Waals surface area contributed by atoms with Crippen molar-refractivity contribution in [3.05, 3.63) is 0 Å². The third-order valence-corrected chi connectivity index (χ3v) is 2.56. The number of thiol groups is 1. The minimum atomic E-state index is -0.427. The highest BCUT2D eigenvalue weighted by Crippen LogP contribution is 2.42. The summed E-state index contributed by atoms with van der Waals surface area (Å²) in [4.78, 5) is -0.427. The van der Waals surface area contributed by atoms with Gasteiger partial charge in [-0.1, -0.05) is 0 Å². The molecule has 1 atom stereocenters. The first-order valence-corrected chi connectivity index (χ1v) is 3.36. The van der Waals surface area contributed by atoms with E-state index in [-0.39, 0.29) is 0 Å². The summed E-state index contributed by atoms with van der Waals surface area (Å²) >= 11 is 5.44. The predicted octanol–water partition coefficient (Wildman–Crippen LogP) is 0.352. The molecule has 0 aromatic rings. The fourth-order valence-electron chi connectivity index (χ4n) is 0.175. The van der Waals surface area contributed by atoms with E-state index in [9.17, 15) is 0 Å². The summed E-state index contributed by atoms with van der Waals surface area (Å²) in [5, 5.41) is 8.82. The normalized spacial score (nSPS) is 43.0. The standard InChI is InChI=1S/C3H6OS2/c4-3(1-5)2-6-3/h4-5H,1-2H2/t3-/m1/s1. The molecule has 3 heteroatoms. The van der Waals surface area contributed by atoms with E-state index in [1.54, 1.807) is 11.8 Å². The van der Waals surface area contributed by atoms with Crippen LogP contribution < -0.4 is 0 Å². The van der Waals surface area contributed by atoms with Crippen molar-refractivity contribution < 1.29 is 5.11 Å². The second-order valence-corrected chi connectivity index (χ2v) is 3.05. The maximum absolute atomic E-state index is 8.82. The Kier molecular flexibility index (Phi) is 1.06. The summed E-state index contributed by atoms with van der Waals surface area (Å²) in [7, 11) is 0. The number of thioether (sulfide) groups is 1. The second kappa shape index (κ2) is 1.32. The molecule has 1 N–H and O–H groups in total. The first-order chi connectivity index (χ1) is 2.77. The van der Waals surface area contributed by atoms with Gasteiger partial charge in [-0.2, -0.15) is 12.6 Å². The maximum Gasteiger partial charge on any atom is 0.128 e. The zero-order chi connectivity index (χ0) is 4.62. The summed E-state index contributed by atoms with van der Waals surface area (Å²) in [6, 6.07) is 0. The molecule has 36 valence electrons. The van der Waals surface area contributed by atoms with Crippen LogP contribution in [-0.4, -0.2) is 21.5 Å². The van der Waals surface area contributed by atoms with Gasteiger partial charge in [-0.25, -0.2) is 0 Å². The van der Waals surface area contributed by atoms with Crippen LogP contribution in [0.3, 0.4) is 0 Å². The highest BCUT2D eigenvalue weighted by Gasteiger charge is 2.39. The molecule has 1 aliphatic heterocycles. The van der Waals surface area contributed by atoms with Gasteiger partial charge in [-0.05, 0) is 0 Å². The van der Waals surface area contributed by atoms with Crippen LogP contribution in [0.2, 0.25) is 0 Å². The first kappa shape index (κ1) is 4.81. The summed E-state index contributed by atoms with van der Waals surface area (Å²) in [5.41, 5.74) is 0. The Morgan fingerprint density at radius 1 is 2.00 bits per heavy atom. The summed E-state index contributed by atoms with van der Waals surface area (Å²) in [6.45, 7) is 0. The SMILES string of the molecule is O[C@@]1(CS)CS1. The first-order valence-electron chi connectivity index (χ1n) is 1.74. The van der Waals surface area contributed by atoms with Gasteiger partial charge in [-0.3, -0.25) is 0 Å². The molecule has 0 spiro atoms. The van der Waals surface area contributed by atoms with E-state index >= 15 is 0 Å². The zero-order valence-electron chi connectivity index (χ0n) is 3.22. The quantitative estimate of drug-likeness (QED) is 0.386. The van der Waals surface area contributed by atoms with Gasteiger partial charge in [-0.15, -0.1) is 11.8 Å². The Morgan fingerprint density at radius 2 is 2.50 bits per heavy atom. The van der Waals surface area contributed by atoms with Gasteiger partial charge in [0.25, 0.3) is 0 Å². The van der Waals surface area contributed by atoms with Crippen LogP contribution in [0.1, 0.15) is 0 Å². The monoisotopic (exact) mass is 122 g/mol. The largest absolute Gasteiger partial charge is 0.378 e. The van der Waals surface area contributed by atoms with Crippen molar-refractivity contribution in [2.45, 2.75) is 4.93 Å². The Bertz CT molecular complexity index is 59.8. The molecular weight excluding hydrogens is 116 g/mol. The smallest absolute Gasteiger partial charge is 0.128 e. The molecule has 0 aromatic heterocycles. The zero-order valence-corrected chi connectivity index (χ0v) is 4.93. The number of aliphatic hydroxyl groups is 1. The van der Waals surface area contributed by atoms with Crippen molar-refractivity contribution in [3.63, 3.8) is 0 Å². The summed E-state index contributed by atoms with van der Waals surface area (Å²) in [6.07, 6.45) is 0. The Balaban J connectivity index is 2.28. The molecule has 0 unspecified atom stereocenters. The molecule has 6 heavy (non-hydrogen) atoms. The van der Waals surface area contributed by atoms with Crippen molar-refractivity contribution >= 4 is 24.4 Å². The molecule has 0 aromatic carbocycles. The molecule has 1 heterocycles. The summed E-state index contributed by atoms with van der Waals surface area (Å²) in [5.74, 6) is 1.47. The van der Waals surface area contributed by atoms with Gasteiger partial charge < -0.3 is 5.11 Å². The maximum atomic E-state index is 8.82. The molecule has 1 rings (SSSR count). The van der Waals surface area contributed by atoms with Crippen LogP contribution in [0.5, 0.6) is 0 Å². The van der Waals surface area contributed by atoms with E-state index in [0.29, 0.717) is 5.75 Å². The Labute approximate surface area is 46.5 Å². The lowest BCUT2D eigenvalue weighted by Crippen LogP contribution is -2.07. The van der Waals surface area contributed by atoms with Crippen LogP contribution in [0.25, 0.3) is 0 Å². The number of hydrogen-bond acceptors (Lipinski definition) is 3. The van der Waals surface area contributed by atoms with E-state index in [1.165, 1.54) is 0 Å². The topological polar surface area (TPSA) is 20.2 Å². The lowest BCUT2D eigenvalue weighted by Gasteiger charge is -1.93. The molecule has 0 amide bonds. The van der Waals surface area contributed by atoms with Crippen LogP contribution in [-0.2, 0) is 0 Å². The van der Waals surface area contributed by atoms with Gasteiger partial charge in [0, 0.05) is 11.5 Å². The van der Waals surface area contributed by atoms with Gasteiger partial charge in [0.05, 0.1) is 0 Å². The molecule has 0 radical (unpaired) electrons. The van der Waals surface area contributed by atoms with Gasteiger partial charge in [0.15, 0.2) is 0 Å².